The molecule has 0 radical (unpaired) electrons. The predicted molar refractivity (Wildman–Crippen MR) is 102 cm³/mol. The van der Waals surface area contributed by atoms with Gasteiger partial charge in [-0.2, -0.15) is 4.98 Å². The molecule has 1 atom stereocenters. The number of hydrogen-bond donors (Lipinski definition) is 3. The third-order valence-corrected chi connectivity index (χ3v) is 4.94. The van der Waals surface area contributed by atoms with E-state index >= 15 is 0 Å². The topological polar surface area (TPSA) is 130 Å². The first-order chi connectivity index (χ1) is 13.5. The minimum Gasteiger partial charge on any atom is -0.481 e. The fourth-order valence-electron chi connectivity index (χ4n) is 3.45. The number of nitrogens with one attached hydrogen (secondary N) is 1. The number of amides is 1. The molecule has 10 nitrogen and oxygen atoms in total. The average Bonchev–Trinajstić information content (AvgIpc) is 2.68. The molecule has 1 aliphatic heterocycles. The van der Waals surface area contributed by atoms with Crippen LogP contribution in [0.2, 0.25) is 0 Å². The van der Waals surface area contributed by atoms with Crippen molar-refractivity contribution >= 4 is 17.3 Å². The fourth-order valence-corrected chi connectivity index (χ4v) is 3.45. The number of hydrogen-bond acceptors (Lipinski definition) is 7. The first-order valence-corrected chi connectivity index (χ1v) is 9.26. The molecule has 0 unspecified atom stereocenters. The van der Waals surface area contributed by atoms with E-state index in [0.29, 0.717) is 36.6 Å². The monoisotopic (exact) mass is 391 g/mol. The van der Waals surface area contributed by atoms with Gasteiger partial charge in [0, 0.05) is 38.3 Å². The summed E-state index contributed by atoms with van der Waals surface area (Å²) in [5, 5.41) is 21.7. The highest BCUT2D eigenvalue weighted by molar-refractivity contribution is 5.70. The van der Waals surface area contributed by atoms with Gasteiger partial charge in [0.2, 0.25) is 5.88 Å². The van der Waals surface area contributed by atoms with Crippen molar-refractivity contribution in [1.29, 1.82) is 0 Å². The largest absolute Gasteiger partial charge is 0.481 e. The van der Waals surface area contributed by atoms with Crippen molar-refractivity contribution in [3.8, 4) is 5.88 Å². The molecule has 3 rings (SSSR count). The number of aryl methyl sites for hydroxylation is 1. The summed E-state index contributed by atoms with van der Waals surface area (Å²) in [6, 6.07) is 3.39. The molecule has 2 aromatic rings. The van der Waals surface area contributed by atoms with Crippen molar-refractivity contribution in [2.75, 3.05) is 26.7 Å². The van der Waals surface area contributed by atoms with Gasteiger partial charge in [0.25, 0.3) is 5.56 Å². The summed E-state index contributed by atoms with van der Waals surface area (Å²) in [6.45, 7) is 2.24. The van der Waals surface area contributed by atoms with Crippen LogP contribution in [0.1, 0.15) is 19.3 Å². The summed E-state index contributed by atoms with van der Waals surface area (Å²) >= 11 is 0. The molecule has 1 aliphatic rings. The molecule has 0 bridgehead atoms. The lowest BCUT2D eigenvalue weighted by molar-refractivity contribution is 0.0847. The molecule has 1 fully saturated rings. The van der Waals surface area contributed by atoms with Crippen LogP contribution in [0.3, 0.4) is 0 Å². The van der Waals surface area contributed by atoms with Gasteiger partial charge in [-0.25, -0.2) is 9.78 Å². The van der Waals surface area contributed by atoms with E-state index in [4.69, 9.17) is 9.84 Å². The number of methoxy groups -OCH3 is 1. The van der Waals surface area contributed by atoms with Gasteiger partial charge in [0.1, 0.15) is 5.52 Å². The zero-order chi connectivity index (χ0) is 20.1. The lowest BCUT2D eigenvalue weighted by Gasteiger charge is -2.33. The fraction of sp³-hybridized carbons (Fsp3) is 0.556. The summed E-state index contributed by atoms with van der Waals surface area (Å²) < 4.78 is 6.62. The van der Waals surface area contributed by atoms with E-state index in [0.717, 1.165) is 25.9 Å². The number of aromatic nitrogens is 3. The summed E-state index contributed by atoms with van der Waals surface area (Å²) in [7, 11) is 1.51. The normalized spacial score (nSPS) is 16.8. The minimum absolute atomic E-state index is 0.0336. The highest BCUT2D eigenvalue weighted by atomic mass is 16.5. The number of carboxylic acid groups (broad SMARTS) is 1. The Morgan fingerprint density at radius 3 is 2.82 bits per heavy atom. The van der Waals surface area contributed by atoms with Gasteiger partial charge < -0.3 is 25.2 Å². The van der Waals surface area contributed by atoms with Crippen LogP contribution in [0, 0.1) is 0 Å². The standard InChI is InChI=1S/C18H25N5O5/c1-28-15-3-2-14-17(21-15)23(16(25)10-19-14)9-6-13(24)11-22-7-4-12(5-8-22)20-18(26)27/h2-3,10,12-13,20,24H,4-9,11H2,1H3,(H,26,27)/t13-/m0/s1. The van der Waals surface area contributed by atoms with Crippen LogP contribution in [-0.4, -0.2) is 74.6 Å². The molecule has 152 valence electrons. The Hall–Kier alpha value is -2.72. The highest BCUT2D eigenvalue weighted by Crippen LogP contribution is 2.14. The van der Waals surface area contributed by atoms with E-state index < -0.39 is 12.2 Å². The van der Waals surface area contributed by atoms with Crippen molar-refractivity contribution in [1.82, 2.24) is 24.8 Å². The summed E-state index contributed by atoms with van der Waals surface area (Å²) in [6.07, 6.45) is 1.48. The number of carbonyl (C=O) groups is 1. The Morgan fingerprint density at radius 2 is 2.14 bits per heavy atom. The van der Waals surface area contributed by atoms with Crippen LogP contribution in [-0.2, 0) is 6.54 Å². The van der Waals surface area contributed by atoms with Crippen molar-refractivity contribution in [3.05, 3.63) is 28.7 Å². The lowest BCUT2D eigenvalue weighted by atomic mass is 10.0. The van der Waals surface area contributed by atoms with Crippen LogP contribution < -0.4 is 15.6 Å². The van der Waals surface area contributed by atoms with Gasteiger partial charge in [0.05, 0.1) is 19.4 Å². The highest BCUT2D eigenvalue weighted by Gasteiger charge is 2.22. The van der Waals surface area contributed by atoms with E-state index in [9.17, 15) is 14.7 Å². The number of piperidine rings is 1. The Bertz CT molecular complexity index is 878. The number of aliphatic hydroxyl groups excluding tert-OH is 1. The second-order valence-corrected chi connectivity index (χ2v) is 6.91. The van der Waals surface area contributed by atoms with E-state index in [-0.39, 0.29) is 11.6 Å². The third-order valence-electron chi connectivity index (χ3n) is 4.94. The maximum atomic E-state index is 12.2. The van der Waals surface area contributed by atoms with Crippen molar-refractivity contribution in [2.24, 2.45) is 0 Å². The van der Waals surface area contributed by atoms with Crippen LogP contribution in [0.4, 0.5) is 4.79 Å². The van der Waals surface area contributed by atoms with Crippen molar-refractivity contribution in [2.45, 2.75) is 38.0 Å². The predicted octanol–water partition coefficient (Wildman–Crippen LogP) is 0.283. The summed E-state index contributed by atoms with van der Waals surface area (Å²) in [5.74, 6) is 0.395. The molecular weight excluding hydrogens is 366 g/mol. The maximum absolute atomic E-state index is 12.2. The van der Waals surface area contributed by atoms with Gasteiger partial charge in [0.15, 0.2) is 5.65 Å². The van der Waals surface area contributed by atoms with Crippen molar-refractivity contribution in [3.63, 3.8) is 0 Å². The maximum Gasteiger partial charge on any atom is 0.404 e. The second kappa shape index (κ2) is 8.98. The number of likely N-dealkylation sites (tertiary alicyclic amines) is 1. The van der Waals surface area contributed by atoms with Gasteiger partial charge in [-0.1, -0.05) is 0 Å². The summed E-state index contributed by atoms with van der Waals surface area (Å²) in [5.41, 5.74) is 0.739. The Morgan fingerprint density at radius 1 is 1.39 bits per heavy atom. The van der Waals surface area contributed by atoms with Crippen LogP contribution in [0.25, 0.3) is 11.2 Å². The number of ether oxygens (including phenoxy) is 1. The smallest absolute Gasteiger partial charge is 0.404 e. The molecule has 0 aliphatic carbocycles. The average molecular weight is 391 g/mol. The molecule has 0 aromatic carbocycles. The Balaban J connectivity index is 1.58. The number of β-amino-alcohol motifs (C(OH)–C–C–N with tert-alkyl or cyclic N) is 1. The molecular formula is C18H25N5O5. The molecule has 10 heteroatoms. The summed E-state index contributed by atoms with van der Waals surface area (Å²) in [4.78, 5) is 33.4. The number of nitrogens with zero attached hydrogens (tertiary/aromatic N) is 4. The van der Waals surface area contributed by atoms with E-state index in [1.165, 1.54) is 17.9 Å². The Kier molecular flexibility index (Phi) is 6.42. The van der Waals surface area contributed by atoms with E-state index in [1.54, 1.807) is 12.1 Å². The first-order valence-electron chi connectivity index (χ1n) is 9.26. The quantitative estimate of drug-likeness (QED) is 0.614. The molecule has 3 heterocycles. The lowest BCUT2D eigenvalue weighted by Crippen LogP contribution is -2.46. The number of rotatable bonds is 7. The SMILES string of the molecule is COc1ccc2ncc(=O)n(CC[C@H](O)CN3CCC(NC(=O)O)CC3)c2n1. The number of fused-ring (bicyclic) bond motifs is 1. The van der Waals surface area contributed by atoms with Crippen LogP contribution in [0.5, 0.6) is 5.88 Å². The number of pyridine rings is 1. The first kappa shape index (κ1) is 20.0. The minimum atomic E-state index is -1.00. The van der Waals surface area contributed by atoms with Gasteiger partial charge >= 0.3 is 6.09 Å². The van der Waals surface area contributed by atoms with Gasteiger partial charge in [-0.15, -0.1) is 0 Å². The van der Waals surface area contributed by atoms with Crippen LogP contribution in [0.15, 0.2) is 23.1 Å². The molecule has 0 spiro atoms. The molecule has 1 saturated heterocycles. The van der Waals surface area contributed by atoms with Crippen molar-refractivity contribution < 1.29 is 19.7 Å². The zero-order valence-corrected chi connectivity index (χ0v) is 15.7. The zero-order valence-electron chi connectivity index (χ0n) is 15.7. The molecule has 0 saturated carbocycles. The molecule has 3 N–H and O–H groups in total. The second-order valence-electron chi connectivity index (χ2n) is 6.91. The third kappa shape index (κ3) is 4.96. The van der Waals surface area contributed by atoms with Gasteiger partial charge in [-0.3, -0.25) is 9.36 Å². The van der Waals surface area contributed by atoms with E-state index in [1.807, 2.05) is 0 Å². The van der Waals surface area contributed by atoms with Crippen LogP contribution >= 0.6 is 0 Å². The molecule has 2 aromatic heterocycles. The van der Waals surface area contributed by atoms with E-state index in [2.05, 4.69) is 20.2 Å². The molecule has 28 heavy (non-hydrogen) atoms. The molecule has 1 amide bonds. The van der Waals surface area contributed by atoms with Gasteiger partial charge in [-0.05, 0) is 25.3 Å². The Labute approximate surface area is 161 Å². The number of aliphatic hydroxyl groups is 1.